The van der Waals surface area contributed by atoms with E-state index in [0.29, 0.717) is 6.54 Å². The fraction of sp³-hybridized carbons (Fsp3) is 0.333. The van der Waals surface area contributed by atoms with E-state index in [4.69, 9.17) is 4.74 Å². The van der Waals surface area contributed by atoms with Crippen LogP contribution in [-0.2, 0) is 6.54 Å². The summed E-state index contributed by atoms with van der Waals surface area (Å²) in [6, 6.07) is 7.71. The maximum atomic E-state index is 9.25. The van der Waals surface area contributed by atoms with Gasteiger partial charge in [0.05, 0.1) is 6.54 Å². The number of aliphatic hydroxyl groups is 1. The van der Waals surface area contributed by atoms with Crippen molar-refractivity contribution < 1.29 is 9.84 Å². The number of β-amino-alcohol motifs (C(OH)–C–C–N with tert-alkyl or cyclic N) is 1. The molecule has 1 unspecified atom stereocenters. The summed E-state index contributed by atoms with van der Waals surface area (Å²) in [5.74, 6) is 0.773. The molecule has 2 rings (SSSR count). The number of fused-ring (bicyclic) bond motifs is 1. The van der Waals surface area contributed by atoms with E-state index in [0.717, 1.165) is 17.9 Å². The second kappa shape index (κ2) is 3.13. The first kappa shape index (κ1) is 7.58. The summed E-state index contributed by atoms with van der Waals surface area (Å²) < 4.78 is 5.25. The lowest BCUT2D eigenvalue weighted by molar-refractivity contribution is -0.0113. The molecule has 0 fully saturated rings. The zero-order valence-corrected chi connectivity index (χ0v) is 6.66. The molecule has 64 valence electrons. The van der Waals surface area contributed by atoms with E-state index in [1.54, 1.807) is 0 Å². The Hall–Kier alpha value is -1.06. The van der Waals surface area contributed by atoms with Crippen LogP contribution < -0.4 is 10.1 Å². The van der Waals surface area contributed by atoms with Gasteiger partial charge in [0.1, 0.15) is 5.75 Å². The minimum atomic E-state index is -0.728. The van der Waals surface area contributed by atoms with Crippen LogP contribution in [0.25, 0.3) is 0 Å². The van der Waals surface area contributed by atoms with Crippen molar-refractivity contribution in [3.05, 3.63) is 29.8 Å². The van der Waals surface area contributed by atoms with E-state index < -0.39 is 6.29 Å². The second-order valence-electron chi connectivity index (χ2n) is 2.81. The molecule has 1 atom stereocenters. The monoisotopic (exact) mass is 165 g/mol. The van der Waals surface area contributed by atoms with Crippen LogP contribution in [0.15, 0.2) is 24.3 Å². The fourth-order valence-corrected chi connectivity index (χ4v) is 1.28. The Morgan fingerprint density at radius 1 is 1.42 bits per heavy atom. The van der Waals surface area contributed by atoms with Crippen LogP contribution in [0.5, 0.6) is 5.75 Å². The van der Waals surface area contributed by atoms with Crippen molar-refractivity contribution in [3.63, 3.8) is 0 Å². The molecular formula is C9H11NO2. The number of rotatable bonds is 0. The SMILES string of the molecule is OC1CNCc2ccccc2O1. The molecule has 0 amide bonds. The third-order valence-electron chi connectivity index (χ3n) is 1.87. The summed E-state index contributed by atoms with van der Waals surface area (Å²) in [5, 5.41) is 12.3. The van der Waals surface area contributed by atoms with Crippen LogP contribution in [0.3, 0.4) is 0 Å². The summed E-state index contributed by atoms with van der Waals surface area (Å²) in [6.07, 6.45) is -0.728. The van der Waals surface area contributed by atoms with Gasteiger partial charge in [0, 0.05) is 12.1 Å². The van der Waals surface area contributed by atoms with E-state index in [9.17, 15) is 5.11 Å². The lowest BCUT2D eigenvalue weighted by atomic mass is 10.2. The lowest BCUT2D eigenvalue weighted by Gasteiger charge is -2.09. The zero-order chi connectivity index (χ0) is 8.39. The predicted molar refractivity (Wildman–Crippen MR) is 44.8 cm³/mol. The minimum Gasteiger partial charge on any atom is -0.463 e. The Labute approximate surface area is 71.0 Å². The van der Waals surface area contributed by atoms with Gasteiger partial charge in [0.2, 0.25) is 6.29 Å². The van der Waals surface area contributed by atoms with Crippen LogP contribution in [0, 0.1) is 0 Å². The molecule has 0 spiro atoms. The van der Waals surface area contributed by atoms with Gasteiger partial charge in [-0.3, -0.25) is 0 Å². The number of para-hydroxylation sites is 1. The molecule has 0 bridgehead atoms. The van der Waals surface area contributed by atoms with Gasteiger partial charge >= 0.3 is 0 Å². The molecule has 3 nitrogen and oxygen atoms in total. The number of nitrogens with one attached hydrogen (secondary N) is 1. The number of hydrogen-bond acceptors (Lipinski definition) is 3. The van der Waals surface area contributed by atoms with Crippen molar-refractivity contribution in [1.82, 2.24) is 5.32 Å². The van der Waals surface area contributed by atoms with Crippen molar-refractivity contribution in [2.45, 2.75) is 12.8 Å². The van der Waals surface area contributed by atoms with Crippen molar-refractivity contribution in [1.29, 1.82) is 0 Å². The highest BCUT2D eigenvalue weighted by atomic mass is 16.6. The standard InChI is InChI=1S/C9H11NO2/c11-9-6-10-5-7-3-1-2-4-8(7)12-9/h1-4,9-11H,5-6H2. The summed E-state index contributed by atoms with van der Waals surface area (Å²) in [7, 11) is 0. The van der Waals surface area contributed by atoms with Crippen LogP contribution >= 0.6 is 0 Å². The molecular weight excluding hydrogens is 154 g/mol. The van der Waals surface area contributed by atoms with E-state index in [-0.39, 0.29) is 0 Å². The van der Waals surface area contributed by atoms with Crippen molar-refractivity contribution in [2.75, 3.05) is 6.54 Å². The third-order valence-corrected chi connectivity index (χ3v) is 1.87. The molecule has 0 saturated carbocycles. The third kappa shape index (κ3) is 1.42. The Bertz CT molecular complexity index is 275. The molecule has 2 N–H and O–H groups in total. The first-order chi connectivity index (χ1) is 5.86. The quantitative estimate of drug-likeness (QED) is 0.587. The highest BCUT2D eigenvalue weighted by Gasteiger charge is 2.12. The molecule has 0 aliphatic carbocycles. The van der Waals surface area contributed by atoms with Gasteiger partial charge in [-0.25, -0.2) is 0 Å². The first-order valence-electron chi connectivity index (χ1n) is 3.99. The molecule has 12 heavy (non-hydrogen) atoms. The molecule has 1 aliphatic heterocycles. The molecule has 0 radical (unpaired) electrons. The maximum absolute atomic E-state index is 9.25. The van der Waals surface area contributed by atoms with Crippen LogP contribution in [0.2, 0.25) is 0 Å². The number of hydrogen-bond donors (Lipinski definition) is 2. The number of benzene rings is 1. The van der Waals surface area contributed by atoms with Gasteiger partial charge in [0.15, 0.2) is 0 Å². The molecule has 3 heteroatoms. The normalized spacial score (nSPS) is 22.2. The zero-order valence-electron chi connectivity index (χ0n) is 6.66. The topological polar surface area (TPSA) is 41.5 Å². The Morgan fingerprint density at radius 2 is 2.25 bits per heavy atom. The van der Waals surface area contributed by atoms with Crippen LogP contribution in [-0.4, -0.2) is 17.9 Å². The van der Waals surface area contributed by atoms with Crippen molar-refractivity contribution in [2.24, 2.45) is 0 Å². The van der Waals surface area contributed by atoms with Gasteiger partial charge in [-0.2, -0.15) is 0 Å². The lowest BCUT2D eigenvalue weighted by Crippen LogP contribution is -2.27. The van der Waals surface area contributed by atoms with Gasteiger partial charge in [-0.1, -0.05) is 18.2 Å². The Morgan fingerprint density at radius 3 is 3.17 bits per heavy atom. The van der Waals surface area contributed by atoms with Gasteiger partial charge < -0.3 is 15.2 Å². The minimum absolute atomic E-state index is 0.481. The largest absolute Gasteiger partial charge is 0.463 e. The van der Waals surface area contributed by atoms with Gasteiger partial charge in [-0.05, 0) is 6.07 Å². The fourth-order valence-electron chi connectivity index (χ4n) is 1.28. The summed E-state index contributed by atoms with van der Waals surface area (Å²) >= 11 is 0. The van der Waals surface area contributed by atoms with E-state index in [2.05, 4.69) is 5.32 Å². The molecule has 0 saturated heterocycles. The molecule has 1 heterocycles. The predicted octanol–water partition coefficient (Wildman–Crippen LogP) is 0.487. The average Bonchev–Trinajstić information content (AvgIpc) is 2.25. The second-order valence-corrected chi connectivity index (χ2v) is 2.81. The van der Waals surface area contributed by atoms with Crippen molar-refractivity contribution >= 4 is 0 Å². The first-order valence-corrected chi connectivity index (χ1v) is 3.99. The van der Waals surface area contributed by atoms with Crippen LogP contribution in [0.1, 0.15) is 5.56 Å². The smallest absolute Gasteiger partial charge is 0.210 e. The van der Waals surface area contributed by atoms with E-state index in [1.165, 1.54) is 0 Å². The van der Waals surface area contributed by atoms with Crippen molar-refractivity contribution in [3.8, 4) is 5.75 Å². The van der Waals surface area contributed by atoms with Gasteiger partial charge in [-0.15, -0.1) is 0 Å². The molecule has 0 aromatic heterocycles. The Kier molecular flexibility index (Phi) is 1.98. The molecule has 1 aliphatic rings. The van der Waals surface area contributed by atoms with E-state index in [1.807, 2.05) is 24.3 Å². The highest BCUT2D eigenvalue weighted by molar-refractivity contribution is 5.33. The summed E-state index contributed by atoms with van der Waals surface area (Å²) in [5.41, 5.74) is 1.09. The molecule has 1 aromatic rings. The van der Waals surface area contributed by atoms with E-state index >= 15 is 0 Å². The maximum Gasteiger partial charge on any atom is 0.210 e. The summed E-state index contributed by atoms with van der Waals surface area (Å²) in [6.45, 7) is 1.24. The number of ether oxygens (including phenoxy) is 1. The number of aliphatic hydroxyl groups excluding tert-OH is 1. The Balaban J connectivity index is 2.31. The molecule has 1 aromatic carbocycles. The summed E-state index contributed by atoms with van der Waals surface area (Å²) in [4.78, 5) is 0. The van der Waals surface area contributed by atoms with Crippen LogP contribution in [0.4, 0.5) is 0 Å². The van der Waals surface area contributed by atoms with Gasteiger partial charge in [0.25, 0.3) is 0 Å². The highest BCUT2D eigenvalue weighted by Crippen LogP contribution is 2.20. The average molecular weight is 165 g/mol.